The zero-order valence-corrected chi connectivity index (χ0v) is 16.6. The van der Waals surface area contributed by atoms with Crippen LogP contribution in [0.5, 0.6) is 0 Å². The molecule has 0 bridgehead atoms. The predicted octanol–water partition coefficient (Wildman–Crippen LogP) is 4.90. The van der Waals surface area contributed by atoms with Gasteiger partial charge in [-0.2, -0.15) is 0 Å². The van der Waals surface area contributed by atoms with E-state index in [2.05, 4.69) is 5.32 Å². The Morgan fingerprint density at radius 2 is 1.58 bits per heavy atom. The van der Waals surface area contributed by atoms with Crippen molar-refractivity contribution in [2.75, 3.05) is 24.3 Å². The number of carbonyl (C=O) groups excluding carboxylic acids is 2. The molecule has 26 heavy (non-hydrogen) atoms. The van der Waals surface area contributed by atoms with E-state index >= 15 is 0 Å². The van der Waals surface area contributed by atoms with Gasteiger partial charge in [-0.15, -0.1) is 0 Å². The zero-order valence-electron chi connectivity index (χ0n) is 14.3. The maximum atomic E-state index is 12.3. The van der Waals surface area contributed by atoms with Crippen LogP contribution in [0, 0.1) is 0 Å². The first-order valence-corrected chi connectivity index (χ1v) is 8.76. The number of esters is 1. The van der Waals surface area contributed by atoms with Gasteiger partial charge in [-0.05, 0) is 43.3 Å². The number of benzene rings is 2. The normalized spacial score (nSPS) is 11.6. The molecule has 0 unspecified atom stereocenters. The average molecular weight is 416 g/mol. The number of hydrogen-bond acceptors (Lipinski definition) is 4. The van der Waals surface area contributed by atoms with Crippen molar-refractivity contribution in [2.45, 2.75) is 13.0 Å². The van der Waals surface area contributed by atoms with Crippen LogP contribution in [0.4, 0.5) is 11.4 Å². The number of nitrogens with one attached hydrogen (secondary N) is 1. The Bertz CT molecular complexity index is 800. The van der Waals surface area contributed by atoms with E-state index in [9.17, 15) is 9.59 Å². The van der Waals surface area contributed by atoms with E-state index < -0.39 is 18.0 Å². The van der Waals surface area contributed by atoms with E-state index in [0.717, 1.165) is 5.69 Å². The molecule has 0 aromatic heterocycles. The van der Waals surface area contributed by atoms with Crippen molar-refractivity contribution in [3.8, 4) is 0 Å². The molecule has 1 N–H and O–H groups in total. The summed E-state index contributed by atoms with van der Waals surface area (Å²) < 4.78 is 5.20. The van der Waals surface area contributed by atoms with Gasteiger partial charge in [0.1, 0.15) is 0 Å². The minimum absolute atomic E-state index is 0.189. The van der Waals surface area contributed by atoms with Crippen molar-refractivity contribution in [1.29, 1.82) is 0 Å². The monoisotopic (exact) mass is 414 g/mol. The van der Waals surface area contributed by atoms with Gasteiger partial charge < -0.3 is 15.0 Å². The number of ether oxygens (including phenoxy) is 1. The molecule has 138 valence electrons. The second-order valence-electron chi connectivity index (χ2n) is 5.72. The van der Waals surface area contributed by atoms with Gasteiger partial charge in [0.05, 0.1) is 21.3 Å². The van der Waals surface area contributed by atoms with Crippen LogP contribution in [0.2, 0.25) is 15.1 Å². The molecule has 1 amide bonds. The van der Waals surface area contributed by atoms with E-state index in [-0.39, 0.29) is 15.7 Å². The van der Waals surface area contributed by atoms with Gasteiger partial charge in [0.25, 0.3) is 5.91 Å². The SMILES string of the molecule is C[C@H](OC(=O)c1ccc(N(C)C)cc1)C(=O)Nc1c(Cl)cc(Cl)cc1Cl. The highest BCUT2D eigenvalue weighted by Gasteiger charge is 2.21. The van der Waals surface area contributed by atoms with E-state index in [0.29, 0.717) is 10.6 Å². The summed E-state index contributed by atoms with van der Waals surface area (Å²) in [5, 5.41) is 3.26. The molecule has 2 aromatic carbocycles. The summed E-state index contributed by atoms with van der Waals surface area (Å²) in [5.41, 5.74) is 1.50. The summed E-state index contributed by atoms with van der Waals surface area (Å²) in [6.07, 6.45) is -1.04. The lowest BCUT2D eigenvalue weighted by atomic mass is 10.2. The molecule has 0 radical (unpaired) electrons. The third-order valence-corrected chi connectivity index (χ3v) is 4.34. The lowest BCUT2D eigenvalue weighted by Crippen LogP contribution is -2.30. The Balaban J connectivity index is 2.03. The van der Waals surface area contributed by atoms with Crippen LogP contribution in [0.1, 0.15) is 17.3 Å². The smallest absolute Gasteiger partial charge is 0.338 e. The molecule has 0 heterocycles. The predicted molar refractivity (Wildman–Crippen MR) is 106 cm³/mol. The molecule has 0 aliphatic rings. The molecule has 0 spiro atoms. The first-order chi connectivity index (χ1) is 12.2. The third kappa shape index (κ3) is 5.04. The number of hydrogen-bond donors (Lipinski definition) is 1. The van der Waals surface area contributed by atoms with E-state index in [1.165, 1.54) is 19.1 Å². The molecular weight excluding hydrogens is 399 g/mol. The Morgan fingerprint density at radius 1 is 1.04 bits per heavy atom. The van der Waals surface area contributed by atoms with Crippen molar-refractivity contribution in [3.63, 3.8) is 0 Å². The number of anilines is 2. The van der Waals surface area contributed by atoms with E-state index in [1.807, 2.05) is 19.0 Å². The van der Waals surface area contributed by atoms with Gasteiger partial charge in [-0.3, -0.25) is 4.79 Å². The van der Waals surface area contributed by atoms with Gasteiger partial charge in [0.15, 0.2) is 6.10 Å². The molecular formula is C18H17Cl3N2O3. The van der Waals surface area contributed by atoms with Crippen LogP contribution in [-0.2, 0) is 9.53 Å². The fourth-order valence-electron chi connectivity index (χ4n) is 2.06. The molecule has 0 saturated heterocycles. The summed E-state index contributed by atoms with van der Waals surface area (Å²) in [4.78, 5) is 26.4. The number of nitrogens with zero attached hydrogens (tertiary/aromatic N) is 1. The molecule has 0 aliphatic heterocycles. The molecule has 1 atom stereocenters. The van der Waals surface area contributed by atoms with Crippen LogP contribution in [0.15, 0.2) is 36.4 Å². The number of rotatable bonds is 5. The maximum Gasteiger partial charge on any atom is 0.338 e. The highest BCUT2D eigenvalue weighted by atomic mass is 35.5. The van der Waals surface area contributed by atoms with Gasteiger partial charge >= 0.3 is 5.97 Å². The molecule has 2 aromatic rings. The summed E-state index contributed by atoms with van der Waals surface area (Å²) in [5.74, 6) is -1.17. The van der Waals surface area contributed by atoms with Gasteiger partial charge in [0.2, 0.25) is 0 Å². The quantitative estimate of drug-likeness (QED) is 0.706. The highest BCUT2D eigenvalue weighted by Crippen LogP contribution is 2.33. The summed E-state index contributed by atoms with van der Waals surface area (Å²) in [6.45, 7) is 1.46. The fourth-order valence-corrected chi connectivity index (χ4v) is 2.98. The molecule has 2 rings (SSSR count). The Morgan fingerprint density at radius 3 is 2.08 bits per heavy atom. The number of carbonyl (C=O) groups is 2. The summed E-state index contributed by atoms with van der Waals surface area (Å²) >= 11 is 17.9. The van der Waals surface area contributed by atoms with Crippen LogP contribution in [0.3, 0.4) is 0 Å². The van der Waals surface area contributed by atoms with Gasteiger partial charge in [-0.1, -0.05) is 34.8 Å². The van der Waals surface area contributed by atoms with Gasteiger partial charge in [-0.25, -0.2) is 4.79 Å². The van der Waals surface area contributed by atoms with E-state index in [4.69, 9.17) is 39.5 Å². The van der Waals surface area contributed by atoms with Crippen molar-refractivity contribution < 1.29 is 14.3 Å². The van der Waals surface area contributed by atoms with Crippen molar-refractivity contribution >= 4 is 58.1 Å². The number of amides is 1. The second-order valence-corrected chi connectivity index (χ2v) is 6.97. The largest absolute Gasteiger partial charge is 0.449 e. The van der Waals surface area contributed by atoms with Gasteiger partial charge in [0, 0.05) is 24.8 Å². The maximum absolute atomic E-state index is 12.3. The first kappa shape index (κ1) is 20.4. The van der Waals surface area contributed by atoms with Crippen molar-refractivity contribution in [1.82, 2.24) is 0 Å². The van der Waals surface area contributed by atoms with Crippen LogP contribution in [0.25, 0.3) is 0 Å². The number of halogens is 3. The van der Waals surface area contributed by atoms with E-state index in [1.54, 1.807) is 24.3 Å². The Hall–Kier alpha value is -1.95. The van der Waals surface area contributed by atoms with Crippen molar-refractivity contribution in [3.05, 3.63) is 57.0 Å². The molecule has 0 fully saturated rings. The first-order valence-electron chi connectivity index (χ1n) is 7.63. The standard InChI is InChI=1S/C18H17Cl3N2O3/c1-10(17(24)22-16-14(20)8-12(19)9-15(16)21)26-18(25)11-4-6-13(7-5-11)23(2)3/h4-10H,1-3H3,(H,22,24)/t10-/m0/s1. The van der Waals surface area contributed by atoms with Crippen LogP contribution >= 0.6 is 34.8 Å². The molecule has 5 nitrogen and oxygen atoms in total. The molecule has 8 heteroatoms. The highest BCUT2D eigenvalue weighted by molar-refractivity contribution is 6.42. The minimum atomic E-state index is -1.04. The minimum Gasteiger partial charge on any atom is -0.449 e. The molecule has 0 aliphatic carbocycles. The average Bonchev–Trinajstić information content (AvgIpc) is 2.57. The van der Waals surface area contributed by atoms with Crippen LogP contribution < -0.4 is 10.2 Å². The zero-order chi connectivity index (χ0) is 19.4. The van der Waals surface area contributed by atoms with Crippen LogP contribution in [-0.4, -0.2) is 32.1 Å². The fraction of sp³-hybridized carbons (Fsp3) is 0.222. The Labute approximate surface area is 166 Å². The Kier molecular flexibility index (Phi) is 6.75. The summed E-state index contributed by atoms with van der Waals surface area (Å²) in [6, 6.07) is 9.74. The lowest BCUT2D eigenvalue weighted by molar-refractivity contribution is -0.123. The lowest BCUT2D eigenvalue weighted by Gasteiger charge is -2.16. The molecule has 0 saturated carbocycles. The summed E-state index contributed by atoms with van der Waals surface area (Å²) in [7, 11) is 3.79. The second kappa shape index (κ2) is 8.62. The topological polar surface area (TPSA) is 58.6 Å². The van der Waals surface area contributed by atoms with Crippen molar-refractivity contribution in [2.24, 2.45) is 0 Å². The third-order valence-electron chi connectivity index (χ3n) is 3.53.